The first kappa shape index (κ1) is 10.2. The SMILES string of the molecule is C=C(C)CCC(O)C1CC2CCC1C2. The standard InChI is InChI=1S/C13H22O/c1-9(2)3-6-13(14)12-8-10-4-5-11(12)7-10/h10-14H,1,3-8H2,2H3. The average molecular weight is 194 g/mol. The van der Waals surface area contributed by atoms with Crippen molar-refractivity contribution < 1.29 is 5.11 Å². The fourth-order valence-electron chi connectivity index (χ4n) is 3.37. The summed E-state index contributed by atoms with van der Waals surface area (Å²) in [5.74, 6) is 2.41. The van der Waals surface area contributed by atoms with Gasteiger partial charge in [0.2, 0.25) is 0 Å². The lowest BCUT2D eigenvalue weighted by molar-refractivity contribution is 0.0678. The van der Waals surface area contributed by atoms with Crippen LogP contribution in [0.15, 0.2) is 12.2 Å². The molecule has 1 N–H and O–H groups in total. The van der Waals surface area contributed by atoms with Gasteiger partial charge in [-0.1, -0.05) is 12.0 Å². The van der Waals surface area contributed by atoms with Crippen molar-refractivity contribution in [3.8, 4) is 0 Å². The minimum atomic E-state index is -0.0537. The van der Waals surface area contributed by atoms with Crippen LogP contribution in [-0.2, 0) is 0 Å². The predicted octanol–water partition coefficient (Wildman–Crippen LogP) is 3.14. The topological polar surface area (TPSA) is 20.2 Å². The van der Waals surface area contributed by atoms with E-state index in [0.29, 0.717) is 5.92 Å². The van der Waals surface area contributed by atoms with Crippen molar-refractivity contribution in [2.45, 2.75) is 51.6 Å². The second-order valence-electron chi connectivity index (χ2n) is 5.40. The number of aliphatic hydroxyl groups excluding tert-OH is 1. The number of hydrogen-bond donors (Lipinski definition) is 1. The highest BCUT2D eigenvalue weighted by Crippen LogP contribution is 2.50. The summed E-state index contributed by atoms with van der Waals surface area (Å²) in [5.41, 5.74) is 1.20. The van der Waals surface area contributed by atoms with Gasteiger partial charge in [-0.05, 0) is 56.8 Å². The molecule has 2 fully saturated rings. The molecule has 0 amide bonds. The summed E-state index contributed by atoms with van der Waals surface area (Å²) in [7, 11) is 0. The largest absolute Gasteiger partial charge is 0.393 e. The molecule has 0 aromatic rings. The molecule has 1 nitrogen and oxygen atoms in total. The fraction of sp³-hybridized carbons (Fsp3) is 0.846. The highest BCUT2D eigenvalue weighted by molar-refractivity contribution is 4.95. The Morgan fingerprint density at radius 3 is 2.71 bits per heavy atom. The van der Waals surface area contributed by atoms with Crippen LogP contribution in [0.2, 0.25) is 0 Å². The van der Waals surface area contributed by atoms with Crippen molar-refractivity contribution in [2.75, 3.05) is 0 Å². The van der Waals surface area contributed by atoms with Crippen LogP contribution in [-0.4, -0.2) is 11.2 Å². The molecule has 1 heteroatoms. The summed E-state index contributed by atoms with van der Waals surface area (Å²) >= 11 is 0. The van der Waals surface area contributed by atoms with E-state index in [4.69, 9.17) is 0 Å². The molecular weight excluding hydrogens is 172 g/mol. The zero-order chi connectivity index (χ0) is 10.1. The molecular formula is C13H22O. The Hall–Kier alpha value is -0.300. The van der Waals surface area contributed by atoms with Crippen molar-refractivity contribution >= 4 is 0 Å². The van der Waals surface area contributed by atoms with Gasteiger partial charge in [-0.2, -0.15) is 0 Å². The van der Waals surface area contributed by atoms with Crippen molar-refractivity contribution in [2.24, 2.45) is 17.8 Å². The van der Waals surface area contributed by atoms with Crippen LogP contribution < -0.4 is 0 Å². The van der Waals surface area contributed by atoms with Crippen LogP contribution in [0.3, 0.4) is 0 Å². The van der Waals surface area contributed by atoms with Crippen LogP contribution in [0.5, 0.6) is 0 Å². The first-order valence-electron chi connectivity index (χ1n) is 5.99. The quantitative estimate of drug-likeness (QED) is 0.682. The molecule has 0 radical (unpaired) electrons. The van der Waals surface area contributed by atoms with E-state index in [2.05, 4.69) is 6.58 Å². The smallest absolute Gasteiger partial charge is 0.0574 e. The number of aliphatic hydroxyl groups is 1. The van der Waals surface area contributed by atoms with E-state index in [1.807, 2.05) is 6.92 Å². The van der Waals surface area contributed by atoms with E-state index in [9.17, 15) is 5.11 Å². The Bertz CT molecular complexity index is 221. The van der Waals surface area contributed by atoms with Crippen LogP contribution in [0.4, 0.5) is 0 Å². The van der Waals surface area contributed by atoms with E-state index in [1.165, 1.54) is 31.3 Å². The van der Waals surface area contributed by atoms with E-state index in [0.717, 1.165) is 24.7 Å². The molecule has 2 aliphatic carbocycles. The molecule has 0 spiro atoms. The van der Waals surface area contributed by atoms with Gasteiger partial charge < -0.3 is 5.11 Å². The monoisotopic (exact) mass is 194 g/mol. The average Bonchev–Trinajstić information content (AvgIpc) is 2.74. The Labute approximate surface area is 87.2 Å². The molecule has 0 heterocycles. The summed E-state index contributed by atoms with van der Waals surface area (Å²) in [6.45, 7) is 5.94. The molecule has 80 valence electrons. The third kappa shape index (κ3) is 2.03. The van der Waals surface area contributed by atoms with Gasteiger partial charge in [0.15, 0.2) is 0 Å². The second-order valence-corrected chi connectivity index (χ2v) is 5.40. The van der Waals surface area contributed by atoms with Crippen molar-refractivity contribution in [3.05, 3.63) is 12.2 Å². The van der Waals surface area contributed by atoms with Gasteiger partial charge in [-0.15, -0.1) is 6.58 Å². The van der Waals surface area contributed by atoms with Crippen molar-refractivity contribution in [1.29, 1.82) is 0 Å². The molecule has 2 aliphatic rings. The maximum Gasteiger partial charge on any atom is 0.0574 e. The lowest BCUT2D eigenvalue weighted by atomic mass is 9.83. The molecule has 4 atom stereocenters. The molecule has 14 heavy (non-hydrogen) atoms. The van der Waals surface area contributed by atoms with Gasteiger partial charge in [-0.25, -0.2) is 0 Å². The van der Waals surface area contributed by atoms with Gasteiger partial charge in [0.05, 0.1) is 6.10 Å². The predicted molar refractivity (Wildman–Crippen MR) is 59.0 cm³/mol. The summed E-state index contributed by atoms with van der Waals surface area (Å²) in [6, 6.07) is 0. The molecule has 0 aromatic carbocycles. The second kappa shape index (κ2) is 4.06. The Kier molecular flexibility index (Phi) is 2.96. The third-order valence-corrected chi connectivity index (χ3v) is 4.15. The van der Waals surface area contributed by atoms with Crippen LogP contribution in [0.25, 0.3) is 0 Å². The van der Waals surface area contributed by atoms with Gasteiger partial charge in [0, 0.05) is 0 Å². The van der Waals surface area contributed by atoms with E-state index in [1.54, 1.807) is 0 Å². The number of hydrogen-bond acceptors (Lipinski definition) is 1. The molecule has 0 aliphatic heterocycles. The Morgan fingerprint density at radius 2 is 2.21 bits per heavy atom. The Morgan fingerprint density at radius 1 is 1.43 bits per heavy atom. The van der Waals surface area contributed by atoms with Crippen LogP contribution >= 0.6 is 0 Å². The molecule has 2 bridgehead atoms. The first-order chi connectivity index (χ1) is 6.66. The third-order valence-electron chi connectivity index (χ3n) is 4.15. The van der Waals surface area contributed by atoms with E-state index in [-0.39, 0.29) is 6.10 Å². The number of allylic oxidation sites excluding steroid dienone is 1. The maximum atomic E-state index is 10.1. The first-order valence-corrected chi connectivity index (χ1v) is 5.99. The zero-order valence-electron chi connectivity index (χ0n) is 9.21. The number of rotatable bonds is 4. The van der Waals surface area contributed by atoms with E-state index >= 15 is 0 Å². The highest BCUT2D eigenvalue weighted by atomic mass is 16.3. The minimum Gasteiger partial charge on any atom is -0.393 e. The molecule has 2 saturated carbocycles. The van der Waals surface area contributed by atoms with Gasteiger partial charge in [-0.3, -0.25) is 0 Å². The van der Waals surface area contributed by atoms with Crippen molar-refractivity contribution in [3.63, 3.8) is 0 Å². The van der Waals surface area contributed by atoms with Crippen molar-refractivity contribution in [1.82, 2.24) is 0 Å². The molecule has 0 saturated heterocycles. The van der Waals surface area contributed by atoms with Crippen LogP contribution in [0.1, 0.15) is 45.4 Å². The lowest BCUT2D eigenvalue weighted by Gasteiger charge is -2.26. The number of fused-ring (bicyclic) bond motifs is 2. The summed E-state index contributed by atoms with van der Waals surface area (Å²) in [6.07, 6.45) is 7.37. The van der Waals surface area contributed by atoms with Gasteiger partial charge in [0.25, 0.3) is 0 Å². The van der Waals surface area contributed by atoms with Gasteiger partial charge in [0.1, 0.15) is 0 Å². The van der Waals surface area contributed by atoms with E-state index < -0.39 is 0 Å². The normalized spacial score (nSPS) is 37.4. The summed E-state index contributed by atoms with van der Waals surface area (Å²) in [4.78, 5) is 0. The summed E-state index contributed by atoms with van der Waals surface area (Å²) in [5, 5.41) is 10.1. The fourth-order valence-corrected chi connectivity index (χ4v) is 3.37. The van der Waals surface area contributed by atoms with Crippen LogP contribution in [0, 0.1) is 17.8 Å². The minimum absolute atomic E-state index is 0.0537. The summed E-state index contributed by atoms with van der Waals surface area (Å²) < 4.78 is 0. The molecule has 0 aromatic heterocycles. The lowest BCUT2D eigenvalue weighted by Crippen LogP contribution is -2.25. The zero-order valence-corrected chi connectivity index (χ0v) is 9.21. The maximum absolute atomic E-state index is 10.1. The Balaban J connectivity index is 1.80. The van der Waals surface area contributed by atoms with Gasteiger partial charge >= 0.3 is 0 Å². The molecule has 2 rings (SSSR count). The highest BCUT2D eigenvalue weighted by Gasteiger charge is 2.42. The molecule has 4 unspecified atom stereocenters.